The summed E-state index contributed by atoms with van der Waals surface area (Å²) in [6, 6.07) is 18.5. The molecular formula is C28H29N3O3. The minimum absolute atomic E-state index is 0.0787. The third-order valence-corrected chi connectivity index (χ3v) is 6.49. The highest BCUT2D eigenvalue weighted by molar-refractivity contribution is 6.07. The molecule has 6 nitrogen and oxygen atoms in total. The van der Waals surface area contributed by atoms with Gasteiger partial charge in [0.2, 0.25) is 0 Å². The first-order valence-corrected chi connectivity index (χ1v) is 11.4. The lowest BCUT2D eigenvalue weighted by atomic mass is 9.97. The molecule has 6 heteroatoms. The maximum atomic E-state index is 10.7. The van der Waals surface area contributed by atoms with E-state index in [-0.39, 0.29) is 6.04 Å². The van der Waals surface area contributed by atoms with Crippen LogP contribution in [0.5, 0.6) is 0 Å². The van der Waals surface area contributed by atoms with Crippen LogP contribution in [0, 0.1) is 13.8 Å². The number of fused-ring (bicyclic) bond motifs is 3. The molecule has 1 atom stereocenters. The Morgan fingerprint density at radius 1 is 1.06 bits per heavy atom. The highest BCUT2D eigenvalue weighted by Gasteiger charge is 2.25. The first-order chi connectivity index (χ1) is 16.3. The van der Waals surface area contributed by atoms with Gasteiger partial charge in [-0.2, -0.15) is 0 Å². The molecule has 2 aromatic carbocycles. The molecule has 0 aliphatic carbocycles. The third-order valence-electron chi connectivity index (χ3n) is 6.49. The molecule has 0 radical (unpaired) electrons. The van der Waals surface area contributed by atoms with Gasteiger partial charge in [-0.1, -0.05) is 47.6 Å². The van der Waals surface area contributed by atoms with E-state index < -0.39 is 5.60 Å². The summed E-state index contributed by atoms with van der Waals surface area (Å²) in [7, 11) is 1.72. The summed E-state index contributed by atoms with van der Waals surface area (Å²) in [5, 5.41) is 15.9. The van der Waals surface area contributed by atoms with Crippen molar-refractivity contribution in [2.45, 2.75) is 39.3 Å². The number of benzene rings is 2. The standard InChI is InChI=1S/C28H29N3O3/c1-17-26(18(2)34-30-17)20-13-24-27(29-15-20)22-12-11-21(28(3,4)32)14-23(22)31(24)25(16-33-5)19-9-7-6-8-10-19/h6-15,25,32H,16H2,1-5H3. The van der Waals surface area contributed by atoms with Crippen LogP contribution in [0.2, 0.25) is 0 Å². The van der Waals surface area contributed by atoms with Crippen LogP contribution in [0.3, 0.4) is 0 Å². The number of aryl methyl sites for hydroxylation is 2. The number of rotatable bonds is 6. The predicted molar refractivity (Wildman–Crippen MR) is 134 cm³/mol. The van der Waals surface area contributed by atoms with Gasteiger partial charge in [-0.3, -0.25) is 4.98 Å². The van der Waals surface area contributed by atoms with Gasteiger partial charge in [0.05, 0.1) is 40.5 Å². The maximum absolute atomic E-state index is 10.7. The van der Waals surface area contributed by atoms with Crippen LogP contribution < -0.4 is 0 Å². The summed E-state index contributed by atoms with van der Waals surface area (Å²) < 4.78 is 13.4. The van der Waals surface area contributed by atoms with Crippen LogP contribution in [-0.4, -0.2) is 33.5 Å². The van der Waals surface area contributed by atoms with Gasteiger partial charge in [-0.25, -0.2) is 0 Å². The smallest absolute Gasteiger partial charge is 0.141 e. The van der Waals surface area contributed by atoms with Crippen LogP contribution in [-0.2, 0) is 10.3 Å². The van der Waals surface area contributed by atoms with E-state index in [4.69, 9.17) is 14.2 Å². The molecule has 174 valence electrons. The van der Waals surface area contributed by atoms with Crippen molar-refractivity contribution in [1.82, 2.24) is 14.7 Å². The predicted octanol–water partition coefficient (Wildman–Crippen LogP) is 5.92. The number of aliphatic hydroxyl groups is 1. The summed E-state index contributed by atoms with van der Waals surface area (Å²) in [5.74, 6) is 0.766. The normalized spacial score (nSPS) is 13.1. The number of hydrogen-bond donors (Lipinski definition) is 1. The molecule has 0 amide bonds. The van der Waals surface area contributed by atoms with Gasteiger partial charge in [0.25, 0.3) is 0 Å². The second kappa shape index (κ2) is 8.38. The molecule has 0 aliphatic rings. The monoisotopic (exact) mass is 455 g/mol. The van der Waals surface area contributed by atoms with Gasteiger partial charge in [-0.05, 0) is 51.0 Å². The second-order valence-electron chi connectivity index (χ2n) is 9.33. The average molecular weight is 456 g/mol. The number of aromatic nitrogens is 3. The highest BCUT2D eigenvalue weighted by atomic mass is 16.5. The molecule has 0 spiro atoms. The number of hydrogen-bond acceptors (Lipinski definition) is 5. The van der Waals surface area contributed by atoms with Crippen molar-refractivity contribution in [2.75, 3.05) is 13.7 Å². The molecule has 3 aromatic heterocycles. The van der Waals surface area contributed by atoms with E-state index in [1.165, 1.54) is 0 Å². The summed E-state index contributed by atoms with van der Waals surface area (Å²) in [5.41, 5.74) is 6.68. The molecule has 1 unspecified atom stereocenters. The van der Waals surface area contributed by atoms with E-state index in [1.807, 2.05) is 44.3 Å². The molecule has 5 aromatic rings. The highest BCUT2D eigenvalue weighted by Crippen LogP contribution is 2.38. The van der Waals surface area contributed by atoms with E-state index in [9.17, 15) is 5.11 Å². The minimum Gasteiger partial charge on any atom is -0.386 e. The molecule has 0 saturated heterocycles. The van der Waals surface area contributed by atoms with Crippen molar-refractivity contribution in [3.63, 3.8) is 0 Å². The topological polar surface area (TPSA) is 73.3 Å². The van der Waals surface area contributed by atoms with Crippen molar-refractivity contribution in [3.05, 3.63) is 83.4 Å². The Balaban J connectivity index is 1.87. The van der Waals surface area contributed by atoms with Crippen LogP contribution in [0.1, 0.15) is 42.5 Å². The molecule has 34 heavy (non-hydrogen) atoms. The Morgan fingerprint density at radius 2 is 1.82 bits per heavy atom. The Hall–Kier alpha value is -3.48. The Kier molecular flexibility index (Phi) is 5.50. The van der Waals surface area contributed by atoms with E-state index in [0.717, 1.165) is 55.6 Å². The maximum Gasteiger partial charge on any atom is 0.141 e. The van der Waals surface area contributed by atoms with Crippen molar-refractivity contribution < 1.29 is 14.4 Å². The second-order valence-corrected chi connectivity index (χ2v) is 9.33. The van der Waals surface area contributed by atoms with E-state index in [0.29, 0.717) is 6.61 Å². The van der Waals surface area contributed by atoms with E-state index in [1.54, 1.807) is 21.0 Å². The van der Waals surface area contributed by atoms with Crippen molar-refractivity contribution in [2.24, 2.45) is 0 Å². The summed E-state index contributed by atoms with van der Waals surface area (Å²) in [6.07, 6.45) is 1.89. The lowest BCUT2D eigenvalue weighted by Crippen LogP contribution is -2.18. The Morgan fingerprint density at radius 3 is 2.47 bits per heavy atom. The summed E-state index contributed by atoms with van der Waals surface area (Å²) in [4.78, 5) is 4.90. The molecule has 0 fully saturated rings. The van der Waals surface area contributed by atoms with Crippen LogP contribution in [0.4, 0.5) is 0 Å². The van der Waals surface area contributed by atoms with Gasteiger partial charge in [0.1, 0.15) is 5.76 Å². The zero-order chi connectivity index (χ0) is 24.0. The SMILES string of the molecule is COCC(c1ccccc1)n1c2cc(C(C)(C)O)ccc2c2ncc(-c3c(C)noc3C)cc21. The van der Waals surface area contributed by atoms with Crippen LogP contribution in [0.15, 0.2) is 65.3 Å². The molecule has 0 bridgehead atoms. The van der Waals surface area contributed by atoms with Gasteiger partial charge in [0, 0.05) is 29.8 Å². The summed E-state index contributed by atoms with van der Waals surface area (Å²) >= 11 is 0. The number of nitrogens with zero attached hydrogens (tertiary/aromatic N) is 3. The van der Waals surface area contributed by atoms with Gasteiger partial charge >= 0.3 is 0 Å². The quantitative estimate of drug-likeness (QED) is 0.344. The van der Waals surface area contributed by atoms with Crippen molar-refractivity contribution in [1.29, 1.82) is 0 Å². The first kappa shape index (κ1) is 22.3. The third kappa shape index (κ3) is 3.69. The fraction of sp³-hybridized carbons (Fsp3) is 0.286. The van der Waals surface area contributed by atoms with E-state index >= 15 is 0 Å². The Bertz CT molecular complexity index is 1460. The number of pyridine rings is 1. The van der Waals surface area contributed by atoms with Crippen LogP contribution >= 0.6 is 0 Å². The van der Waals surface area contributed by atoms with Gasteiger partial charge in [0.15, 0.2) is 0 Å². The summed E-state index contributed by atoms with van der Waals surface area (Å²) in [6.45, 7) is 7.96. The molecule has 0 aliphatic heterocycles. The fourth-order valence-electron chi connectivity index (χ4n) is 4.81. The molecule has 5 rings (SSSR count). The Labute approximate surface area is 198 Å². The zero-order valence-electron chi connectivity index (χ0n) is 20.2. The fourth-order valence-corrected chi connectivity index (χ4v) is 4.81. The van der Waals surface area contributed by atoms with Crippen molar-refractivity contribution >= 4 is 21.9 Å². The lowest BCUT2D eigenvalue weighted by Gasteiger charge is -2.23. The largest absolute Gasteiger partial charge is 0.386 e. The van der Waals surface area contributed by atoms with Crippen molar-refractivity contribution in [3.8, 4) is 11.1 Å². The average Bonchev–Trinajstić information content (AvgIpc) is 3.32. The molecular weight excluding hydrogens is 426 g/mol. The molecule has 3 heterocycles. The van der Waals surface area contributed by atoms with Crippen LogP contribution in [0.25, 0.3) is 33.1 Å². The van der Waals surface area contributed by atoms with Gasteiger partial charge in [-0.15, -0.1) is 0 Å². The zero-order valence-corrected chi connectivity index (χ0v) is 20.2. The number of methoxy groups -OCH3 is 1. The number of ether oxygens (including phenoxy) is 1. The molecule has 1 N–H and O–H groups in total. The first-order valence-electron chi connectivity index (χ1n) is 11.4. The molecule has 0 saturated carbocycles. The lowest BCUT2D eigenvalue weighted by molar-refractivity contribution is 0.0787. The van der Waals surface area contributed by atoms with Gasteiger partial charge < -0.3 is 18.9 Å². The van der Waals surface area contributed by atoms with E-state index in [2.05, 4.69) is 40.1 Å². The minimum atomic E-state index is -0.964.